The minimum atomic E-state index is -4.45. The number of nitrogens with zero attached hydrogens (tertiary/aromatic N) is 5. The zero-order valence-electron chi connectivity index (χ0n) is 20.7. The Balaban J connectivity index is 1.51. The summed E-state index contributed by atoms with van der Waals surface area (Å²) < 4.78 is 47.3. The van der Waals surface area contributed by atoms with Crippen molar-refractivity contribution in [1.82, 2.24) is 20.2 Å². The lowest BCUT2D eigenvalue weighted by molar-refractivity contribution is -0.165. The third kappa shape index (κ3) is 7.25. The molecule has 36 heavy (non-hydrogen) atoms. The van der Waals surface area contributed by atoms with E-state index in [4.69, 9.17) is 4.74 Å². The molecule has 1 atom stereocenters. The first-order chi connectivity index (χ1) is 17.0. The number of carbonyl (C=O) groups excluding carboxylic acids is 2. The highest BCUT2D eigenvalue weighted by Gasteiger charge is 2.35. The summed E-state index contributed by atoms with van der Waals surface area (Å²) in [4.78, 5) is 38.5. The van der Waals surface area contributed by atoms with Gasteiger partial charge >= 0.3 is 6.18 Å². The van der Waals surface area contributed by atoms with Gasteiger partial charge in [-0.3, -0.25) is 9.59 Å². The Morgan fingerprint density at radius 3 is 2.50 bits per heavy atom. The van der Waals surface area contributed by atoms with Crippen molar-refractivity contribution in [2.24, 2.45) is 5.92 Å². The van der Waals surface area contributed by atoms with Crippen LogP contribution in [0.3, 0.4) is 0 Å². The smallest absolute Gasteiger partial charge is 0.422 e. The zero-order chi connectivity index (χ0) is 26.5. The number of ether oxygens (including phenoxy) is 2. The summed E-state index contributed by atoms with van der Waals surface area (Å²) in [6, 6.07) is 0. The summed E-state index contributed by atoms with van der Waals surface area (Å²) >= 11 is 0. The first-order valence-corrected chi connectivity index (χ1v) is 11.5. The van der Waals surface area contributed by atoms with Crippen LogP contribution < -0.4 is 15.1 Å². The average Bonchev–Trinajstić information content (AvgIpc) is 3.15. The number of amides is 2. The van der Waals surface area contributed by atoms with Crippen LogP contribution in [-0.2, 0) is 19.1 Å². The molecule has 2 amide bonds. The van der Waals surface area contributed by atoms with Gasteiger partial charge in [-0.1, -0.05) is 0 Å². The van der Waals surface area contributed by atoms with Crippen LogP contribution in [0.1, 0.15) is 19.8 Å². The molecule has 0 bridgehead atoms. The first kappa shape index (κ1) is 27.1. The number of hydrogen-bond donors (Lipinski definition) is 1. The third-order valence-electron chi connectivity index (χ3n) is 5.73. The van der Waals surface area contributed by atoms with Gasteiger partial charge in [-0.2, -0.15) is 13.2 Å². The predicted octanol–water partition coefficient (Wildman–Crippen LogP) is 2.06. The minimum absolute atomic E-state index is 0.0790. The van der Waals surface area contributed by atoms with Crippen molar-refractivity contribution in [2.45, 2.75) is 32.0 Å². The number of rotatable bonds is 10. The minimum Gasteiger partial charge on any atom is -0.485 e. The lowest BCUT2D eigenvalue weighted by Crippen LogP contribution is -2.49. The molecule has 0 aliphatic carbocycles. The molecule has 1 aromatic heterocycles. The van der Waals surface area contributed by atoms with Gasteiger partial charge in [0.15, 0.2) is 18.6 Å². The number of alkyl halides is 3. The fourth-order valence-electron chi connectivity index (χ4n) is 3.75. The van der Waals surface area contributed by atoms with Crippen molar-refractivity contribution in [1.29, 1.82) is 0 Å². The molecular weight excluding hydrogens is 481 g/mol. The molecule has 198 valence electrons. The number of allylic oxidation sites excluding steroid dienone is 3. The van der Waals surface area contributed by atoms with Crippen molar-refractivity contribution in [3.63, 3.8) is 0 Å². The summed E-state index contributed by atoms with van der Waals surface area (Å²) in [6.45, 7) is 2.01. The van der Waals surface area contributed by atoms with Gasteiger partial charge < -0.3 is 29.5 Å². The molecule has 1 N–H and O–H groups in total. The van der Waals surface area contributed by atoms with Crippen molar-refractivity contribution in [2.75, 3.05) is 57.2 Å². The number of halogens is 3. The van der Waals surface area contributed by atoms with Gasteiger partial charge in [0.1, 0.15) is 0 Å². The quantitative estimate of drug-likeness (QED) is 0.376. The molecule has 0 saturated carbocycles. The van der Waals surface area contributed by atoms with E-state index >= 15 is 0 Å². The highest BCUT2D eigenvalue weighted by atomic mass is 19.4. The Bertz CT molecular complexity index is 991. The predicted molar refractivity (Wildman–Crippen MR) is 126 cm³/mol. The van der Waals surface area contributed by atoms with Crippen LogP contribution >= 0.6 is 0 Å². The lowest BCUT2D eigenvalue weighted by atomic mass is 9.96. The van der Waals surface area contributed by atoms with Gasteiger partial charge in [-0.25, -0.2) is 9.97 Å². The SMILES string of the molecule is CN/C(=C\C=C(/C)O[C@@H]1CCN(c2cnc(N3CC(CC(=O)N(C)C)C3)nc2)C1=O)OCC(F)(F)F. The molecule has 0 radical (unpaired) electrons. The maximum absolute atomic E-state index is 12.8. The molecule has 2 aliphatic heterocycles. The van der Waals surface area contributed by atoms with E-state index in [1.807, 2.05) is 4.90 Å². The third-order valence-corrected chi connectivity index (χ3v) is 5.73. The van der Waals surface area contributed by atoms with Crippen LogP contribution in [0.2, 0.25) is 0 Å². The summed E-state index contributed by atoms with van der Waals surface area (Å²) in [7, 11) is 4.91. The van der Waals surface area contributed by atoms with Crippen molar-refractivity contribution in [3.05, 3.63) is 36.2 Å². The summed E-state index contributed by atoms with van der Waals surface area (Å²) in [5.41, 5.74) is 0.550. The van der Waals surface area contributed by atoms with Crippen molar-refractivity contribution in [3.8, 4) is 0 Å². The molecule has 3 heterocycles. The van der Waals surface area contributed by atoms with Crippen LogP contribution in [0.25, 0.3) is 0 Å². The Hall–Kier alpha value is -3.51. The van der Waals surface area contributed by atoms with E-state index in [2.05, 4.69) is 20.0 Å². The molecule has 3 rings (SSSR count). The topological polar surface area (TPSA) is 100 Å². The van der Waals surface area contributed by atoms with E-state index < -0.39 is 18.9 Å². The van der Waals surface area contributed by atoms with Crippen LogP contribution in [-0.4, -0.2) is 86.3 Å². The molecule has 13 heteroatoms. The maximum Gasteiger partial charge on any atom is 0.422 e. The molecule has 2 saturated heterocycles. The van der Waals surface area contributed by atoms with Crippen molar-refractivity contribution >= 4 is 23.5 Å². The number of aromatic nitrogens is 2. The first-order valence-electron chi connectivity index (χ1n) is 11.5. The van der Waals surface area contributed by atoms with Crippen LogP contribution in [0.15, 0.2) is 36.2 Å². The largest absolute Gasteiger partial charge is 0.485 e. The molecule has 0 spiro atoms. The highest BCUT2D eigenvalue weighted by molar-refractivity contribution is 5.98. The summed E-state index contributed by atoms with van der Waals surface area (Å²) in [6.07, 6.45) is 1.67. The molecule has 0 aromatic carbocycles. The number of hydrogen-bond acceptors (Lipinski definition) is 8. The second kappa shape index (κ2) is 11.5. The van der Waals surface area contributed by atoms with E-state index in [1.54, 1.807) is 38.3 Å². The van der Waals surface area contributed by atoms with Gasteiger partial charge in [0.2, 0.25) is 11.9 Å². The Kier molecular flexibility index (Phi) is 8.64. The van der Waals surface area contributed by atoms with E-state index in [0.29, 0.717) is 49.9 Å². The normalized spacial score (nSPS) is 19.3. The molecule has 0 unspecified atom stereocenters. The van der Waals surface area contributed by atoms with E-state index in [0.717, 1.165) is 0 Å². The number of nitrogens with one attached hydrogen (secondary N) is 1. The molecule has 10 nitrogen and oxygen atoms in total. The van der Waals surface area contributed by atoms with Gasteiger partial charge in [0.25, 0.3) is 5.91 Å². The zero-order valence-corrected chi connectivity index (χ0v) is 20.7. The fourth-order valence-corrected chi connectivity index (χ4v) is 3.75. The van der Waals surface area contributed by atoms with E-state index in [1.165, 1.54) is 24.1 Å². The summed E-state index contributed by atoms with van der Waals surface area (Å²) in [5.74, 6) is 0.933. The van der Waals surface area contributed by atoms with Gasteiger partial charge in [-0.15, -0.1) is 0 Å². The molecular formula is C23H31F3N6O4. The lowest BCUT2D eigenvalue weighted by Gasteiger charge is -2.39. The van der Waals surface area contributed by atoms with Crippen LogP contribution in [0.5, 0.6) is 0 Å². The van der Waals surface area contributed by atoms with Crippen LogP contribution in [0.4, 0.5) is 24.8 Å². The maximum atomic E-state index is 12.8. The molecule has 2 aliphatic rings. The molecule has 2 fully saturated rings. The monoisotopic (exact) mass is 512 g/mol. The highest BCUT2D eigenvalue weighted by Crippen LogP contribution is 2.27. The Labute approximate surface area is 207 Å². The Morgan fingerprint density at radius 2 is 1.92 bits per heavy atom. The van der Waals surface area contributed by atoms with Gasteiger partial charge in [0.05, 0.1) is 23.8 Å². The number of carbonyl (C=O) groups is 2. The standard InChI is InChI=1S/C23H31F3N6O4/c1-15(5-6-19(27-2)35-14-23(24,25)26)36-18-7-8-32(21(18)34)17-10-28-22(29-11-17)31-12-16(13-31)9-20(33)30(3)4/h5-6,10-11,16,18,27H,7-9,12-14H2,1-4H3/b15-5+,19-6+/t18-/m1/s1. The van der Waals surface area contributed by atoms with Crippen molar-refractivity contribution < 1.29 is 32.2 Å². The second-order valence-corrected chi connectivity index (χ2v) is 8.85. The van der Waals surface area contributed by atoms with Gasteiger partial charge in [-0.05, 0) is 13.0 Å². The average molecular weight is 513 g/mol. The van der Waals surface area contributed by atoms with Gasteiger partial charge in [0, 0.05) is 65.6 Å². The summed E-state index contributed by atoms with van der Waals surface area (Å²) in [5, 5.41) is 2.53. The van der Waals surface area contributed by atoms with E-state index in [-0.39, 0.29) is 23.6 Å². The number of anilines is 2. The molecule has 1 aromatic rings. The fraction of sp³-hybridized carbons (Fsp3) is 0.565. The van der Waals surface area contributed by atoms with E-state index in [9.17, 15) is 22.8 Å². The van der Waals surface area contributed by atoms with Crippen LogP contribution in [0, 0.1) is 5.92 Å². The Morgan fingerprint density at radius 1 is 1.25 bits per heavy atom. The second-order valence-electron chi connectivity index (χ2n) is 8.85.